The van der Waals surface area contributed by atoms with Gasteiger partial charge in [0.25, 0.3) is 6.04 Å². The molecule has 1 heterocycles. The standard InChI is InChI=1S/C20H14ClNO6/c1-10-15(13-8-4-5-9-14(13)21)16(22(26)27)20(28-19(10)25)17(23)11-6-2-3-7-12(11)18(20)24/h2-10,15-16H,1H3/t10-,15+,16+/m1/s1. The maximum Gasteiger partial charge on any atom is 0.311 e. The molecule has 7 nitrogen and oxygen atoms in total. The number of fused-ring (bicyclic) bond motifs is 1. The van der Waals surface area contributed by atoms with Crippen LogP contribution in [-0.2, 0) is 9.53 Å². The number of ketones is 2. The number of carbonyl (C=O) groups excluding carboxylic acids is 3. The van der Waals surface area contributed by atoms with Crippen LogP contribution in [-0.4, -0.2) is 34.1 Å². The van der Waals surface area contributed by atoms with Crippen molar-refractivity contribution in [3.05, 3.63) is 80.4 Å². The second-order valence-corrected chi connectivity index (χ2v) is 7.33. The van der Waals surface area contributed by atoms with Crippen LogP contribution in [0.3, 0.4) is 0 Å². The highest BCUT2D eigenvalue weighted by Crippen LogP contribution is 2.49. The summed E-state index contributed by atoms with van der Waals surface area (Å²) < 4.78 is 5.30. The molecule has 2 aromatic carbocycles. The van der Waals surface area contributed by atoms with Crippen LogP contribution in [0.25, 0.3) is 0 Å². The van der Waals surface area contributed by atoms with Gasteiger partial charge in [0, 0.05) is 21.1 Å². The Bertz CT molecular complexity index is 1010. The molecule has 0 unspecified atom stereocenters. The normalized spacial score (nSPS) is 25.5. The maximum atomic E-state index is 13.2. The van der Waals surface area contributed by atoms with E-state index in [-0.39, 0.29) is 16.1 Å². The van der Waals surface area contributed by atoms with Crippen LogP contribution in [0.5, 0.6) is 0 Å². The van der Waals surface area contributed by atoms with Crippen LogP contribution in [0.1, 0.15) is 39.1 Å². The van der Waals surface area contributed by atoms with Crippen LogP contribution in [0.4, 0.5) is 0 Å². The lowest BCUT2D eigenvalue weighted by molar-refractivity contribution is -0.544. The average molecular weight is 400 g/mol. The third kappa shape index (κ3) is 2.26. The Kier molecular flexibility index (Phi) is 4.08. The Hall–Kier alpha value is -3.06. The lowest BCUT2D eigenvalue weighted by Crippen LogP contribution is -2.65. The predicted molar refractivity (Wildman–Crippen MR) is 98.1 cm³/mol. The topological polar surface area (TPSA) is 104 Å². The molecule has 4 rings (SSSR count). The van der Waals surface area contributed by atoms with Gasteiger partial charge in [-0.25, -0.2) is 0 Å². The number of benzene rings is 2. The Labute approximate surface area is 164 Å². The maximum absolute atomic E-state index is 13.2. The van der Waals surface area contributed by atoms with Gasteiger partial charge in [-0.15, -0.1) is 0 Å². The summed E-state index contributed by atoms with van der Waals surface area (Å²) in [6.07, 6.45) is 0. The van der Waals surface area contributed by atoms with E-state index < -0.39 is 45.9 Å². The van der Waals surface area contributed by atoms with Crippen molar-refractivity contribution >= 4 is 29.1 Å². The minimum Gasteiger partial charge on any atom is -0.434 e. The fourth-order valence-corrected chi connectivity index (χ4v) is 4.45. The highest BCUT2D eigenvalue weighted by molar-refractivity contribution is 6.34. The number of rotatable bonds is 2. The number of ether oxygens (including phenoxy) is 1. The van der Waals surface area contributed by atoms with Gasteiger partial charge in [0.15, 0.2) is 0 Å². The molecule has 1 fully saturated rings. The van der Waals surface area contributed by atoms with E-state index in [1.165, 1.54) is 19.1 Å². The summed E-state index contributed by atoms with van der Waals surface area (Å²) in [5.41, 5.74) is -2.18. The molecule has 0 radical (unpaired) electrons. The van der Waals surface area contributed by atoms with Crippen LogP contribution in [0, 0.1) is 16.0 Å². The molecule has 2 aromatic rings. The molecule has 2 aliphatic rings. The number of Topliss-reactive ketones (excluding diaryl/α,β-unsaturated/α-hetero) is 2. The lowest BCUT2D eigenvalue weighted by atomic mass is 9.70. The van der Waals surface area contributed by atoms with Gasteiger partial charge < -0.3 is 4.74 Å². The predicted octanol–water partition coefficient (Wildman–Crippen LogP) is 3.08. The number of hydrogen-bond acceptors (Lipinski definition) is 6. The first-order valence-electron chi connectivity index (χ1n) is 8.60. The smallest absolute Gasteiger partial charge is 0.311 e. The van der Waals surface area contributed by atoms with E-state index in [0.717, 1.165) is 0 Å². The third-order valence-electron chi connectivity index (χ3n) is 5.51. The second kappa shape index (κ2) is 6.24. The molecule has 0 amide bonds. The zero-order valence-electron chi connectivity index (χ0n) is 14.6. The van der Waals surface area contributed by atoms with Crippen LogP contribution >= 0.6 is 11.6 Å². The summed E-state index contributed by atoms with van der Waals surface area (Å²) in [5.74, 6) is -4.66. The van der Waals surface area contributed by atoms with E-state index in [0.29, 0.717) is 5.56 Å². The lowest BCUT2D eigenvalue weighted by Gasteiger charge is -2.40. The minimum atomic E-state index is -2.53. The van der Waals surface area contributed by atoms with Crippen LogP contribution < -0.4 is 0 Å². The molecule has 1 aliphatic heterocycles. The first kappa shape index (κ1) is 18.3. The molecule has 1 aliphatic carbocycles. The van der Waals surface area contributed by atoms with E-state index in [2.05, 4.69) is 0 Å². The number of halogens is 1. The second-order valence-electron chi connectivity index (χ2n) is 6.93. The van der Waals surface area contributed by atoms with Crippen molar-refractivity contribution in [1.29, 1.82) is 0 Å². The number of nitro groups is 1. The molecule has 0 N–H and O–H groups in total. The molecule has 3 atom stereocenters. The largest absolute Gasteiger partial charge is 0.434 e. The summed E-state index contributed by atoms with van der Waals surface area (Å²) in [4.78, 5) is 50.5. The van der Waals surface area contributed by atoms with Crippen molar-refractivity contribution in [3.63, 3.8) is 0 Å². The highest BCUT2D eigenvalue weighted by Gasteiger charge is 2.72. The van der Waals surface area contributed by atoms with Crippen LogP contribution in [0.15, 0.2) is 48.5 Å². The molecule has 142 valence electrons. The summed E-state index contributed by atoms with van der Waals surface area (Å²) in [6.45, 7) is 1.47. The van der Waals surface area contributed by atoms with Crippen molar-refractivity contribution in [1.82, 2.24) is 0 Å². The fourth-order valence-electron chi connectivity index (χ4n) is 4.19. The Morgan fingerprint density at radius 3 is 2.07 bits per heavy atom. The molecular weight excluding hydrogens is 386 g/mol. The monoisotopic (exact) mass is 399 g/mol. The number of esters is 1. The highest BCUT2D eigenvalue weighted by atomic mass is 35.5. The SMILES string of the molecule is C[C@H]1C(=O)OC2(C(=O)c3ccccc3C2=O)[C@@H]([N+](=O)[O-])[C@@H]1c1ccccc1Cl. The van der Waals surface area contributed by atoms with E-state index >= 15 is 0 Å². The van der Waals surface area contributed by atoms with Crippen molar-refractivity contribution in [2.24, 2.45) is 5.92 Å². The van der Waals surface area contributed by atoms with E-state index in [4.69, 9.17) is 16.3 Å². The first-order chi connectivity index (χ1) is 13.3. The zero-order valence-corrected chi connectivity index (χ0v) is 15.4. The molecule has 0 bridgehead atoms. The van der Waals surface area contributed by atoms with Gasteiger partial charge in [0.2, 0.25) is 11.6 Å². The van der Waals surface area contributed by atoms with Gasteiger partial charge in [0.1, 0.15) is 0 Å². The molecule has 1 spiro atoms. The summed E-state index contributed by atoms with van der Waals surface area (Å²) in [6, 6.07) is 10.5. The van der Waals surface area contributed by atoms with Gasteiger partial charge >= 0.3 is 11.6 Å². The van der Waals surface area contributed by atoms with E-state index in [1.807, 2.05) is 0 Å². The fraction of sp³-hybridized carbons (Fsp3) is 0.250. The minimum absolute atomic E-state index is 0.0135. The van der Waals surface area contributed by atoms with E-state index in [9.17, 15) is 24.5 Å². The molecule has 8 heteroatoms. The first-order valence-corrected chi connectivity index (χ1v) is 8.98. The van der Waals surface area contributed by atoms with Gasteiger partial charge in [-0.05, 0) is 11.6 Å². The number of nitrogens with zero attached hydrogens (tertiary/aromatic N) is 1. The van der Waals surface area contributed by atoms with Crippen molar-refractivity contribution < 1.29 is 24.0 Å². The Balaban J connectivity index is 1.98. The zero-order chi connectivity index (χ0) is 20.2. The van der Waals surface area contributed by atoms with Crippen LogP contribution in [0.2, 0.25) is 5.02 Å². The third-order valence-corrected chi connectivity index (χ3v) is 5.86. The molecule has 1 saturated heterocycles. The molecule has 0 saturated carbocycles. The van der Waals surface area contributed by atoms with E-state index in [1.54, 1.807) is 36.4 Å². The quantitative estimate of drug-likeness (QED) is 0.332. The van der Waals surface area contributed by atoms with Gasteiger partial charge in [0.05, 0.1) is 11.8 Å². The molecule has 28 heavy (non-hydrogen) atoms. The van der Waals surface area contributed by atoms with Gasteiger partial charge in [-0.2, -0.15) is 0 Å². The Morgan fingerprint density at radius 1 is 1.00 bits per heavy atom. The number of hydrogen-bond donors (Lipinski definition) is 0. The van der Waals surface area contributed by atoms with Gasteiger partial charge in [-0.3, -0.25) is 24.5 Å². The Morgan fingerprint density at radius 2 is 1.54 bits per heavy atom. The molecular formula is C20H14ClNO6. The summed E-state index contributed by atoms with van der Waals surface area (Å²) in [7, 11) is 0. The van der Waals surface area contributed by atoms with Crippen molar-refractivity contribution in [3.8, 4) is 0 Å². The number of carbonyl (C=O) groups is 3. The summed E-state index contributed by atoms with van der Waals surface area (Å²) in [5, 5.41) is 12.4. The average Bonchev–Trinajstić information content (AvgIpc) is 2.88. The summed E-state index contributed by atoms with van der Waals surface area (Å²) >= 11 is 6.25. The van der Waals surface area contributed by atoms with Crippen molar-refractivity contribution in [2.75, 3.05) is 0 Å². The molecule has 0 aromatic heterocycles. The van der Waals surface area contributed by atoms with Gasteiger partial charge in [-0.1, -0.05) is 61.0 Å². The van der Waals surface area contributed by atoms with Crippen molar-refractivity contribution in [2.45, 2.75) is 24.5 Å².